The molecule has 3 heterocycles. The topological polar surface area (TPSA) is 82.6 Å². The van der Waals surface area contributed by atoms with Crippen LogP contribution in [0.3, 0.4) is 0 Å². The van der Waals surface area contributed by atoms with Gasteiger partial charge in [-0.3, -0.25) is 24.3 Å². The van der Waals surface area contributed by atoms with Crippen molar-refractivity contribution in [2.75, 3.05) is 44.5 Å². The van der Waals surface area contributed by atoms with Gasteiger partial charge in [0.05, 0.1) is 18.8 Å². The third-order valence-corrected chi connectivity index (χ3v) is 8.38. The first-order chi connectivity index (χ1) is 20.0. The predicted octanol–water partition coefficient (Wildman–Crippen LogP) is 4.15. The molecule has 1 saturated heterocycles. The van der Waals surface area contributed by atoms with Crippen LogP contribution in [0.2, 0.25) is 0 Å². The van der Waals surface area contributed by atoms with Crippen molar-refractivity contribution in [3.63, 3.8) is 0 Å². The van der Waals surface area contributed by atoms with E-state index in [4.69, 9.17) is 9.47 Å². The number of ether oxygens (including phenoxy) is 2. The van der Waals surface area contributed by atoms with E-state index in [9.17, 15) is 14.7 Å². The zero-order valence-electron chi connectivity index (χ0n) is 22.7. The molecule has 8 nitrogen and oxygen atoms in total. The summed E-state index contributed by atoms with van der Waals surface area (Å²) in [6.07, 6.45) is -0.305. The van der Waals surface area contributed by atoms with Gasteiger partial charge >= 0.3 is 0 Å². The van der Waals surface area contributed by atoms with Gasteiger partial charge in [0, 0.05) is 43.9 Å². The summed E-state index contributed by atoms with van der Waals surface area (Å²) in [5.41, 5.74) is 0.905. The van der Waals surface area contributed by atoms with Crippen molar-refractivity contribution in [1.82, 2.24) is 9.80 Å². The number of ketones is 1. The number of benzene rings is 4. The highest BCUT2D eigenvalue weighted by atomic mass is 16.7. The summed E-state index contributed by atoms with van der Waals surface area (Å²) >= 11 is 0. The number of aliphatic hydroxyl groups is 1. The largest absolute Gasteiger partial charge is 0.454 e. The maximum Gasteiger partial charge on any atom is 0.265 e. The maximum absolute atomic E-state index is 13.8. The first-order valence-electron chi connectivity index (χ1n) is 14.0. The Morgan fingerprint density at radius 2 is 1.54 bits per heavy atom. The number of hydrogen-bond donors (Lipinski definition) is 1. The molecule has 0 spiro atoms. The standard InChI is InChI=1S/C33H31N3O5/c37-29(26-11-10-24-5-1-2-6-25(24)18-26)19-33(39)27-7-3-4-8-28(27)36(32(33)38)21-35-15-13-34(14-16-35)20-23-9-12-30-31(17-23)41-22-40-30/h1-12,17-18,39H,13-16,19-22H2. The molecule has 0 aliphatic carbocycles. The van der Waals surface area contributed by atoms with Gasteiger partial charge in [-0.05, 0) is 40.6 Å². The van der Waals surface area contributed by atoms with Gasteiger partial charge in [0.15, 0.2) is 22.9 Å². The SMILES string of the molecule is O=C(CC1(O)C(=O)N(CN2CCN(Cc3ccc4c(c3)OCO4)CC2)c2ccccc21)c1ccc2ccccc2c1. The van der Waals surface area contributed by atoms with E-state index in [2.05, 4.69) is 15.9 Å². The average Bonchev–Trinajstić information content (AvgIpc) is 3.55. The Morgan fingerprint density at radius 3 is 2.39 bits per heavy atom. The molecule has 7 rings (SSSR count). The lowest BCUT2D eigenvalue weighted by Gasteiger charge is -2.37. The van der Waals surface area contributed by atoms with Gasteiger partial charge in [-0.2, -0.15) is 0 Å². The van der Waals surface area contributed by atoms with Gasteiger partial charge in [-0.1, -0.05) is 60.7 Å². The van der Waals surface area contributed by atoms with E-state index in [0.29, 0.717) is 23.5 Å². The number of piperazine rings is 1. The van der Waals surface area contributed by atoms with Gasteiger partial charge in [0.25, 0.3) is 5.91 Å². The van der Waals surface area contributed by atoms with Crippen LogP contribution < -0.4 is 14.4 Å². The lowest BCUT2D eigenvalue weighted by Crippen LogP contribution is -2.52. The van der Waals surface area contributed by atoms with E-state index in [1.54, 1.807) is 23.1 Å². The fourth-order valence-electron chi connectivity index (χ4n) is 6.10. The summed E-state index contributed by atoms with van der Waals surface area (Å²) < 4.78 is 10.9. The van der Waals surface area contributed by atoms with Crippen LogP contribution in [0, 0.1) is 0 Å². The highest BCUT2D eigenvalue weighted by Crippen LogP contribution is 2.43. The quantitative estimate of drug-likeness (QED) is 0.347. The fourth-order valence-corrected chi connectivity index (χ4v) is 6.10. The summed E-state index contributed by atoms with van der Waals surface area (Å²) in [6, 6.07) is 26.6. The van der Waals surface area contributed by atoms with E-state index in [0.717, 1.165) is 55.0 Å². The lowest BCUT2D eigenvalue weighted by atomic mass is 9.88. The Morgan fingerprint density at radius 1 is 0.805 bits per heavy atom. The van der Waals surface area contributed by atoms with Crippen LogP contribution in [0.25, 0.3) is 10.8 Å². The van der Waals surface area contributed by atoms with Crippen molar-refractivity contribution in [1.29, 1.82) is 0 Å². The number of Topliss-reactive ketones (excluding diaryl/α,β-unsaturated/α-hetero) is 1. The molecular formula is C33H31N3O5. The molecule has 4 aromatic carbocycles. The summed E-state index contributed by atoms with van der Waals surface area (Å²) in [5, 5.41) is 13.8. The smallest absolute Gasteiger partial charge is 0.265 e. The summed E-state index contributed by atoms with van der Waals surface area (Å²) in [5.74, 6) is 0.864. The van der Waals surface area contributed by atoms with Gasteiger partial charge in [0.2, 0.25) is 6.79 Å². The molecular weight excluding hydrogens is 518 g/mol. The Bertz CT molecular complexity index is 1650. The number of amides is 1. The second-order valence-corrected chi connectivity index (χ2v) is 11.0. The van der Waals surface area contributed by atoms with E-state index in [-0.39, 0.29) is 19.0 Å². The first kappa shape index (κ1) is 25.7. The number of anilines is 1. The molecule has 1 N–H and O–H groups in total. The van der Waals surface area contributed by atoms with Crippen molar-refractivity contribution >= 4 is 28.2 Å². The van der Waals surface area contributed by atoms with Gasteiger partial charge in [-0.15, -0.1) is 0 Å². The third kappa shape index (κ3) is 4.74. The van der Waals surface area contributed by atoms with E-state index < -0.39 is 11.5 Å². The van der Waals surface area contributed by atoms with Gasteiger partial charge < -0.3 is 14.6 Å². The Balaban J connectivity index is 1.03. The van der Waals surface area contributed by atoms with Gasteiger partial charge in [-0.25, -0.2) is 0 Å². The van der Waals surface area contributed by atoms with Gasteiger partial charge in [0.1, 0.15) is 0 Å². The predicted molar refractivity (Wildman–Crippen MR) is 155 cm³/mol. The van der Waals surface area contributed by atoms with E-state index in [1.165, 1.54) is 5.56 Å². The number of rotatable bonds is 7. The maximum atomic E-state index is 13.8. The molecule has 1 atom stereocenters. The van der Waals surface area contributed by atoms with Crippen molar-refractivity contribution in [2.45, 2.75) is 18.6 Å². The van der Waals surface area contributed by atoms with Crippen LogP contribution >= 0.6 is 0 Å². The molecule has 8 heteroatoms. The van der Waals surface area contributed by atoms with Crippen LogP contribution in [-0.2, 0) is 16.9 Å². The molecule has 0 bridgehead atoms. The van der Waals surface area contributed by atoms with Crippen molar-refractivity contribution in [2.24, 2.45) is 0 Å². The van der Waals surface area contributed by atoms with Crippen LogP contribution in [0.4, 0.5) is 5.69 Å². The summed E-state index contributed by atoms with van der Waals surface area (Å²) in [6.45, 7) is 4.71. The first-order valence-corrected chi connectivity index (χ1v) is 14.0. The number of fused-ring (bicyclic) bond motifs is 3. The normalized spacial score (nSPS) is 20.5. The highest BCUT2D eigenvalue weighted by molar-refractivity contribution is 6.11. The minimum absolute atomic E-state index is 0.264. The van der Waals surface area contributed by atoms with Crippen LogP contribution in [0.5, 0.6) is 11.5 Å². The Labute approximate surface area is 238 Å². The minimum Gasteiger partial charge on any atom is -0.454 e. The second-order valence-electron chi connectivity index (χ2n) is 11.0. The molecule has 1 unspecified atom stereocenters. The average molecular weight is 550 g/mol. The number of carbonyl (C=O) groups excluding carboxylic acids is 2. The zero-order chi connectivity index (χ0) is 28.0. The van der Waals surface area contributed by atoms with E-state index >= 15 is 0 Å². The lowest BCUT2D eigenvalue weighted by molar-refractivity contribution is -0.136. The monoisotopic (exact) mass is 549 g/mol. The summed E-state index contributed by atoms with van der Waals surface area (Å²) in [7, 11) is 0. The Kier molecular flexibility index (Phi) is 6.46. The van der Waals surface area contributed by atoms with Crippen molar-refractivity contribution in [3.05, 3.63) is 102 Å². The zero-order valence-corrected chi connectivity index (χ0v) is 22.7. The molecule has 208 valence electrons. The number of nitrogens with zero attached hydrogens (tertiary/aromatic N) is 3. The number of carbonyl (C=O) groups is 2. The fraction of sp³-hybridized carbons (Fsp3) is 0.273. The molecule has 1 fully saturated rings. The second kappa shape index (κ2) is 10.3. The molecule has 3 aliphatic heterocycles. The Hall–Kier alpha value is -4.24. The third-order valence-electron chi connectivity index (χ3n) is 8.38. The van der Waals surface area contributed by atoms with Crippen LogP contribution in [0.1, 0.15) is 27.9 Å². The van der Waals surface area contributed by atoms with Crippen molar-refractivity contribution in [3.8, 4) is 11.5 Å². The molecule has 0 radical (unpaired) electrons. The van der Waals surface area contributed by atoms with Crippen molar-refractivity contribution < 1.29 is 24.2 Å². The van der Waals surface area contributed by atoms with Crippen LogP contribution in [-0.4, -0.2) is 66.2 Å². The molecule has 0 saturated carbocycles. The molecule has 41 heavy (non-hydrogen) atoms. The molecule has 0 aromatic heterocycles. The summed E-state index contributed by atoms with van der Waals surface area (Å²) in [4.78, 5) is 33.4. The van der Waals surface area contributed by atoms with E-state index in [1.807, 2.05) is 60.7 Å². The molecule has 3 aliphatic rings. The highest BCUT2D eigenvalue weighted by Gasteiger charge is 2.51. The van der Waals surface area contributed by atoms with Crippen LogP contribution in [0.15, 0.2) is 84.9 Å². The molecule has 4 aromatic rings. The number of para-hydroxylation sites is 1. The minimum atomic E-state index is -1.90. The number of hydrogen-bond acceptors (Lipinski definition) is 7. The molecule has 1 amide bonds.